The number of aromatic amines is 2. The minimum absolute atomic E-state index is 0.200. The molecule has 0 saturated carbocycles. The maximum atomic E-state index is 13.6. The first-order valence-electron chi connectivity index (χ1n) is 33.9. The number of halogens is 3. The number of rotatable bonds is 29. The minimum atomic E-state index is -4.22. The number of ether oxygens (including phenoxy) is 6. The Morgan fingerprint density at radius 3 is 1.44 bits per heavy atom. The summed E-state index contributed by atoms with van der Waals surface area (Å²) >= 11 is 18.4. The van der Waals surface area contributed by atoms with Gasteiger partial charge in [-0.05, 0) is 92.5 Å². The SMILES string of the molecule is CC(C)OC(=O)[C@@H](C)NP(=O)(Cl)Oc1ccccc1.CC(C)OC(=O)[C@@H](C)N[P@@](=O)(OC[C@H]1O[C@@H](n2ccc(=O)[nH]c2=O)[C@](C)(Cl)[C@@H]1O)Oc1ccccc1.C[C@@]1(Cl)[C@H](O)[C@@H](CO)O[C@H]1n1ccc(=O)[nH]c1=O.O=C(NCCCCCCCCNC(=O)O[C@@H]1CCn2ccnc21)O[C@@H]1CCn2ccnc21. The molecule has 4 aliphatic heterocycles. The molecular formula is C66H91Cl3N12O22P2. The zero-order chi connectivity index (χ0) is 76.8. The van der Waals surface area contributed by atoms with E-state index in [9.17, 15) is 57.7 Å². The van der Waals surface area contributed by atoms with E-state index in [4.69, 9.17) is 81.5 Å². The maximum Gasteiger partial charge on any atom is 0.459 e. The average molecular weight is 1570 g/mol. The van der Waals surface area contributed by atoms with Gasteiger partial charge in [-0.15, -0.1) is 23.2 Å². The second-order valence-corrected chi connectivity index (χ2v) is 31.6. The number of fused-ring (bicyclic) bond motifs is 2. The van der Waals surface area contributed by atoms with Crippen LogP contribution in [0.25, 0.3) is 0 Å². The smallest absolute Gasteiger partial charge is 0.459 e. The van der Waals surface area contributed by atoms with Crippen molar-refractivity contribution in [3.8, 4) is 11.5 Å². The van der Waals surface area contributed by atoms with E-state index in [1.54, 1.807) is 101 Å². The lowest BCUT2D eigenvalue weighted by molar-refractivity contribution is -0.149. The number of aryl methyl sites for hydroxylation is 2. The highest BCUT2D eigenvalue weighted by Gasteiger charge is 2.55. The highest BCUT2D eigenvalue weighted by atomic mass is 35.7. The number of aliphatic hydroxyl groups excluding tert-OH is 3. The summed E-state index contributed by atoms with van der Waals surface area (Å²) in [4.78, 5) is 104. The Hall–Kier alpha value is -7.69. The molecular weight excluding hydrogens is 1480 g/mol. The van der Waals surface area contributed by atoms with Crippen molar-refractivity contribution in [1.82, 2.24) is 59.0 Å². The van der Waals surface area contributed by atoms with E-state index in [1.807, 2.05) is 21.5 Å². The van der Waals surface area contributed by atoms with Crippen molar-refractivity contribution in [2.24, 2.45) is 0 Å². The molecule has 1 unspecified atom stereocenters. The number of benzene rings is 2. The third-order valence-corrected chi connectivity index (χ3v) is 20.4. The number of hydrogen-bond acceptors (Lipinski definition) is 24. The van der Waals surface area contributed by atoms with Gasteiger partial charge in [0.05, 0.1) is 25.4 Å². The number of carbonyl (C=O) groups is 4. The first-order valence-corrected chi connectivity index (χ1v) is 38.7. The van der Waals surface area contributed by atoms with Crippen LogP contribution in [-0.2, 0) is 64.8 Å². The molecule has 14 atom stereocenters. The van der Waals surface area contributed by atoms with E-state index < -0.39 is 127 Å². The Labute approximate surface area is 618 Å². The van der Waals surface area contributed by atoms with Gasteiger partial charge < -0.3 is 72.6 Å². The zero-order valence-electron chi connectivity index (χ0n) is 59.0. The number of amides is 2. The van der Waals surface area contributed by atoms with E-state index in [-0.39, 0.29) is 36.2 Å². The van der Waals surface area contributed by atoms with E-state index in [2.05, 4.69) is 40.7 Å². The summed E-state index contributed by atoms with van der Waals surface area (Å²) in [5, 5.41) is 40.4. The van der Waals surface area contributed by atoms with Crippen LogP contribution in [0.4, 0.5) is 9.59 Å². The number of aliphatic hydroxyl groups is 3. The van der Waals surface area contributed by atoms with Gasteiger partial charge in [-0.2, -0.15) is 5.09 Å². The summed E-state index contributed by atoms with van der Waals surface area (Å²) in [6.07, 6.45) is 8.89. The molecule has 0 spiro atoms. The fourth-order valence-electron chi connectivity index (χ4n) is 11.0. The van der Waals surface area contributed by atoms with E-state index >= 15 is 0 Å². The molecule has 105 heavy (non-hydrogen) atoms. The van der Waals surface area contributed by atoms with Crippen LogP contribution in [0.3, 0.4) is 0 Å². The van der Waals surface area contributed by atoms with Crippen molar-refractivity contribution in [2.75, 3.05) is 26.3 Å². The number of alkyl halides is 2. The zero-order valence-corrected chi connectivity index (χ0v) is 63.1. The third kappa shape index (κ3) is 24.9. The summed E-state index contributed by atoms with van der Waals surface area (Å²) in [6.45, 7) is 11.1. The Kier molecular flexibility index (Phi) is 31.6. The highest BCUT2D eigenvalue weighted by Crippen LogP contribution is 2.50. The van der Waals surface area contributed by atoms with Crippen LogP contribution >= 0.6 is 49.1 Å². The van der Waals surface area contributed by atoms with Crippen LogP contribution in [0.5, 0.6) is 11.5 Å². The number of imidazole rings is 2. The number of unbranched alkanes of at least 4 members (excludes halogenated alkanes) is 5. The van der Waals surface area contributed by atoms with E-state index in [1.165, 1.54) is 40.1 Å². The van der Waals surface area contributed by atoms with Gasteiger partial charge in [-0.25, -0.2) is 43.4 Å². The quantitative estimate of drug-likeness (QED) is 0.00720. The lowest BCUT2D eigenvalue weighted by Crippen LogP contribution is -2.43. The summed E-state index contributed by atoms with van der Waals surface area (Å²) in [6, 6.07) is 17.0. The van der Waals surface area contributed by atoms with E-state index in [0.29, 0.717) is 18.8 Å². The molecule has 0 aliphatic carbocycles. The lowest BCUT2D eigenvalue weighted by atomic mass is 10.0. The number of aromatic nitrogens is 8. The van der Waals surface area contributed by atoms with E-state index in [0.717, 1.165) is 97.4 Å². The highest BCUT2D eigenvalue weighted by molar-refractivity contribution is 7.84. The van der Waals surface area contributed by atoms with Gasteiger partial charge in [0, 0.05) is 99.6 Å². The van der Waals surface area contributed by atoms with Crippen LogP contribution in [0.15, 0.2) is 129 Å². The van der Waals surface area contributed by atoms with Gasteiger partial charge >= 0.3 is 50.1 Å². The molecule has 0 radical (unpaired) electrons. The summed E-state index contributed by atoms with van der Waals surface area (Å²) in [7, 11) is -4.22. The van der Waals surface area contributed by atoms with Crippen molar-refractivity contribution < 1.29 is 85.6 Å². The first kappa shape index (κ1) is 84.6. The molecule has 2 fully saturated rings. The van der Waals surface area contributed by atoms with Gasteiger partial charge in [0.1, 0.15) is 69.4 Å². The van der Waals surface area contributed by atoms with Crippen LogP contribution in [0.2, 0.25) is 0 Å². The molecule has 0 bridgehead atoms. The molecule has 4 aliphatic rings. The fraction of sp³-hybridized carbons (Fsp3) is 0.545. The second-order valence-electron chi connectivity index (χ2n) is 25.5. The normalized spacial score (nSPS) is 23.7. The van der Waals surface area contributed by atoms with Crippen molar-refractivity contribution in [1.29, 1.82) is 0 Å². The number of nitrogens with zero attached hydrogens (tertiary/aromatic N) is 6. The third-order valence-electron chi connectivity index (χ3n) is 16.3. The first-order chi connectivity index (χ1) is 49.7. The van der Waals surface area contributed by atoms with Gasteiger partial charge in [-0.1, -0.05) is 62.1 Å². The number of alkyl carbamates (subject to hydrolysis) is 2. The standard InChI is InChI=1S/C22H29ClN3O9P.C22H32N6O4.C12H17ClNO4P.C10H13ClN2O5/c1-13(2)33-19(29)14(3)25-36(31,35-15-8-6-5-7-9-15)32-12-16-18(28)22(4,23)20(34-16)26-11-10-17(27)24-21(26)30;29-21(31-17-7-13-27-15-11-23-19(17)27)25-9-5-3-1-2-4-6-10-26-22(30)32-18-8-14-28-16-12-24-20(18)28;1-9(2)17-12(15)10(3)14-19(13,16)18-11-7-5-4-6-8-11;1-10(11)7(16)5(4-14)18-8(10)13-3-2-6(15)12-9(13)17/h5-11,13-14,16,18,20,28H,12H2,1-4H3,(H,25,31)(H,24,27,30);11-12,15-18H,1-10,13-14H2,(H,25,29)(H,26,30);4-10H,1-3H3,(H,14,16);2-3,5,7-8,14,16H,4H2,1H3,(H,12,15,17)/t14-,16-,18-,20-,22-,36-;17-,18-;10-,19?;5-,7-,8-,10-/m1111/s1. The average Bonchev–Trinajstić information content (AvgIpc) is 1.58. The molecule has 2 amide bonds. The van der Waals surface area contributed by atoms with Crippen molar-refractivity contribution in [3.05, 3.63) is 163 Å². The lowest BCUT2D eigenvalue weighted by Gasteiger charge is -2.26. The Morgan fingerprint density at radius 2 is 1.02 bits per heavy atom. The maximum absolute atomic E-state index is 13.6. The minimum Gasteiger partial charge on any atom is -0.462 e. The van der Waals surface area contributed by atoms with Gasteiger partial charge in [0.25, 0.3) is 11.1 Å². The van der Waals surface area contributed by atoms with Crippen molar-refractivity contribution >= 4 is 73.2 Å². The van der Waals surface area contributed by atoms with Crippen LogP contribution in [0, 0.1) is 0 Å². The molecule has 39 heteroatoms. The number of carbonyl (C=O) groups excluding carboxylic acids is 4. The molecule has 8 heterocycles. The topological polar surface area (TPSA) is 440 Å². The molecule has 10 rings (SSSR count). The predicted octanol–water partition coefficient (Wildman–Crippen LogP) is 7.51. The van der Waals surface area contributed by atoms with Gasteiger partial charge in [0.15, 0.2) is 24.7 Å². The Bertz CT molecular complexity index is 4070. The van der Waals surface area contributed by atoms with Gasteiger partial charge in [0.2, 0.25) is 0 Å². The largest absolute Gasteiger partial charge is 0.462 e. The molecule has 9 N–H and O–H groups in total. The number of H-pyrrole nitrogens is 2. The molecule has 6 aromatic rings. The van der Waals surface area contributed by atoms with Gasteiger partial charge in [-0.3, -0.25) is 42.8 Å². The van der Waals surface area contributed by atoms with Crippen molar-refractivity contribution in [3.63, 3.8) is 0 Å². The predicted molar refractivity (Wildman–Crippen MR) is 383 cm³/mol. The number of esters is 2. The summed E-state index contributed by atoms with van der Waals surface area (Å²) in [5.41, 5.74) is -2.62. The molecule has 34 nitrogen and oxygen atoms in total. The number of nitrogens with one attached hydrogen (secondary N) is 6. The second kappa shape index (κ2) is 39.2. The number of para-hydroxylation sites is 2. The van der Waals surface area contributed by atoms with Crippen molar-refractivity contribution in [2.45, 2.75) is 203 Å². The Balaban J connectivity index is 0.000000204. The monoisotopic (exact) mass is 1570 g/mol. The molecule has 2 saturated heterocycles. The molecule has 4 aromatic heterocycles. The molecule has 2 aromatic carbocycles. The Morgan fingerprint density at radius 1 is 0.610 bits per heavy atom. The number of hydrogen-bond donors (Lipinski definition) is 9. The summed E-state index contributed by atoms with van der Waals surface area (Å²) < 4.78 is 80.2. The summed E-state index contributed by atoms with van der Waals surface area (Å²) in [5.74, 6) is 1.01. The molecule has 578 valence electrons. The van der Waals surface area contributed by atoms with Crippen LogP contribution in [0.1, 0.15) is 143 Å². The van der Waals surface area contributed by atoms with Crippen LogP contribution in [-0.4, -0.2) is 162 Å². The fourth-order valence-corrected chi connectivity index (χ4v) is 14.8. The van der Waals surface area contributed by atoms with Crippen LogP contribution < -0.4 is 52.4 Å².